The van der Waals surface area contributed by atoms with Gasteiger partial charge < -0.3 is 15.0 Å². The Morgan fingerprint density at radius 2 is 2.00 bits per heavy atom. The van der Waals surface area contributed by atoms with Crippen molar-refractivity contribution in [3.05, 3.63) is 23.8 Å². The van der Waals surface area contributed by atoms with Crippen LogP contribution in [-0.2, 0) is 9.53 Å². The largest absolute Gasteiger partial charge is 0.471 e. The van der Waals surface area contributed by atoms with Crippen molar-refractivity contribution in [2.75, 3.05) is 23.9 Å². The first-order valence-corrected chi connectivity index (χ1v) is 7.61. The minimum atomic E-state index is -4.99. The predicted octanol–water partition coefficient (Wildman–Crippen LogP) is 3.35. The SMILES string of the molecule is COC(=O)c1cc(NC(=O)C(F)(F)F)ccc1N1CCCCC1C. The molecule has 1 aromatic rings. The van der Waals surface area contributed by atoms with E-state index in [1.54, 1.807) is 11.4 Å². The van der Waals surface area contributed by atoms with Crippen LogP contribution in [0.3, 0.4) is 0 Å². The summed E-state index contributed by atoms with van der Waals surface area (Å²) in [5, 5.41) is 1.75. The summed E-state index contributed by atoms with van der Waals surface area (Å²) >= 11 is 0. The van der Waals surface area contributed by atoms with E-state index >= 15 is 0 Å². The number of nitrogens with one attached hydrogen (secondary N) is 1. The molecule has 24 heavy (non-hydrogen) atoms. The number of amides is 1. The van der Waals surface area contributed by atoms with Crippen LogP contribution in [0.15, 0.2) is 18.2 Å². The van der Waals surface area contributed by atoms with Crippen molar-refractivity contribution in [1.29, 1.82) is 0 Å². The van der Waals surface area contributed by atoms with Crippen LogP contribution in [0.4, 0.5) is 24.5 Å². The zero-order valence-electron chi connectivity index (χ0n) is 13.4. The second-order valence-corrected chi connectivity index (χ2v) is 5.71. The summed E-state index contributed by atoms with van der Waals surface area (Å²) in [6.45, 7) is 2.78. The van der Waals surface area contributed by atoms with Gasteiger partial charge in [-0.2, -0.15) is 13.2 Å². The number of benzene rings is 1. The van der Waals surface area contributed by atoms with Gasteiger partial charge in [-0.3, -0.25) is 4.79 Å². The molecule has 0 saturated carbocycles. The second-order valence-electron chi connectivity index (χ2n) is 5.71. The third-order valence-electron chi connectivity index (χ3n) is 4.03. The molecule has 0 radical (unpaired) electrons. The van der Waals surface area contributed by atoms with Crippen molar-refractivity contribution in [2.45, 2.75) is 38.4 Å². The first-order chi connectivity index (χ1) is 11.2. The maximum Gasteiger partial charge on any atom is 0.471 e. The molecular formula is C16H19F3N2O3. The first-order valence-electron chi connectivity index (χ1n) is 7.61. The normalized spacial score (nSPS) is 18.2. The quantitative estimate of drug-likeness (QED) is 0.855. The van der Waals surface area contributed by atoms with E-state index in [4.69, 9.17) is 4.74 Å². The van der Waals surface area contributed by atoms with Gasteiger partial charge in [0.1, 0.15) is 0 Å². The van der Waals surface area contributed by atoms with Crippen LogP contribution in [0.25, 0.3) is 0 Å². The number of hydrogen-bond donors (Lipinski definition) is 1. The number of esters is 1. The number of hydrogen-bond acceptors (Lipinski definition) is 4. The molecule has 0 bridgehead atoms. The molecular weight excluding hydrogens is 325 g/mol. The molecule has 1 atom stereocenters. The van der Waals surface area contributed by atoms with E-state index in [1.165, 1.54) is 19.2 Å². The number of piperidine rings is 1. The van der Waals surface area contributed by atoms with Gasteiger partial charge in [0.05, 0.1) is 18.4 Å². The van der Waals surface area contributed by atoms with Crippen molar-refractivity contribution < 1.29 is 27.5 Å². The Kier molecular flexibility index (Phi) is 5.36. The minimum Gasteiger partial charge on any atom is -0.465 e. The van der Waals surface area contributed by atoms with Gasteiger partial charge in [0.15, 0.2) is 0 Å². The van der Waals surface area contributed by atoms with Crippen LogP contribution in [0.2, 0.25) is 0 Å². The zero-order chi connectivity index (χ0) is 17.9. The van der Waals surface area contributed by atoms with Gasteiger partial charge in [-0.1, -0.05) is 0 Å². The fraction of sp³-hybridized carbons (Fsp3) is 0.500. The number of halogens is 3. The fourth-order valence-electron chi connectivity index (χ4n) is 2.80. The molecule has 0 aromatic heterocycles. The van der Waals surface area contributed by atoms with E-state index in [1.807, 2.05) is 11.8 Å². The van der Waals surface area contributed by atoms with Crippen LogP contribution >= 0.6 is 0 Å². The highest BCUT2D eigenvalue weighted by Gasteiger charge is 2.38. The molecule has 0 aliphatic carbocycles. The number of ether oxygens (including phenoxy) is 1. The summed E-state index contributed by atoms with van der Waals surface area (Å²) in [5.74, 6) is -2.75. The number of anilines is 2. The Hall–Kier alpha value is -2.25. The third-order valence-corrected chi connectivity index (χ3v) is 4.03. The van der Waals surface area contributed by atoms with Crippen molar-refractivity contribution in [3.8, 4) is 0 Å². The molecule has 1 saturated heterocycles. The van der Waals surface area contributed by atoms with Crippen LogP contribution < -0.4 is 10.2 Å². The maximum absolute atomic E-state index is 12.4. The van der Waals surface area contributed by atoms with Gasteiger partial charge in [0, 0.05) is 18.3 Å². The average molecular weight is 344 g/mol. The Morgan fingerprint density at radius 3 is 2.58 bits per heavy atom. The van der Waals surface area contributed by atoms with Crippen molar-refractivity contribution in [2.24, 2.45) is 0 Å². The lowest BCUT2D eigenvalue weighted by molar-refractivity contribution is -0.167. The summed E-state index contributed by atoms with van der Waals surface area (Å²) in [4.78, 5) is 25.1. The maximum atomic E-state index is 12.4. The monoisotopic (exact) mass is 344 g/mol. The molecule has 8 heteroatoms. The summed E-state index contributed by atoms with van der Waals surface area (Å²) in [6.07, 6.45) is -1.97. The smallest absolute Gasteiger partial charge is 0.465 e. The zero-order valence-corrected chi connectivity index (χ0v) is 13.4. The van der Waals surface area contributed by atoms with Crippen LogP contribution in [0.5, 0.6) is 0 Å². The van der Waals surface area contributed by atoms with Gasteiger partial charge >= 0.3 is 18.1 Å². The Balaban J connectivity index is 2.35. The van der Waals surface area contributed by atoms with Crippen LogP contribution in [0.1, 0.15) is 36.5 Å². The fourth-order valence-corrected chi connectivity index (χ4v) is 2.80. The van der Waals surface area contributed by atoms with Gasteiger partial charge in [0.25, 0.3) is 0 Å². The highest BCUT2D eigenvalue weighted by molar-refractivity contribution is 6.00. The van der Waals surface area contributed by atoms with E-state index in [0.717, 1.165) is 25.8 Å². The summed E-state index contributed by atoms with van der Waals surface area (Å²) < 4.78 is 41.8. The molecule has 1 aliphatic rings. The molecule has 1 amide bonds. The number of carbonyl (C=O) groups excluding carboxylic acids is 2. The van der Waals surface area contributed by atoms with Crippen LogP contribution in [0, 0.1) is 0 Å². The van der Waals surface area contributed by atoms with E-state index in [-0.39, 0.29) is 17.3 Å². The minimum absolute atomic E-state index is 0.105. The van der Waals surface area contributed by atoms with Gasteiger partial charge in [-0.15, -0.1) is 0 Å². The van der Waals surface area contributed by atoms with Crippen molar-refractivity contribution in [3.63, 3.8) is 0 Å². The third kappa shape index (κ3) is 3.98. The number of nitrogens with zero attached hydrogens (tertiary/aromatic N) is 1. The molecule has 1 aromatic carbocycles. The van der Waals surface area contributed by atoms with Gasteiger partial charge in [-0.25, -0.2) is 4.79 Å². The number of alkyl halides is 3. The topological polar surface area (TPSA) is 58.6 Å². The van der Waals surface area contributed by atoms with Crippen LogP contribution in [-0.4, -0.2) is 37.7 Å². The Bertz CT molecular complexity index is 631. The molecule has 1 heterocycles. The molecule has 1 N–H and O–H groups in total. The molecule has 1 unspecified atom stereocenters. The molecule has 1 fully saturated rings. The van der Waals surface area contributed by atoms with E-state index < -0.39 is 18.1 Å². The highest BCUT2D eigenvalue weighted by atomic mass is 19.4. The lowest BCUT2D eigenvalue weighted by atomic mass is 10.0. The second kappa shape index (κ2) is 7.11. The Labute approximate surface area is 137 Å². The predicted molar refractivity (Wildman–Crippen MR) is 83.1 cm³/mol. The van der Waals surface area contributed by atoms with Crippen molar-refractivity contribution >= 4 is 23.3 Å². The van der Waals surface area contributed by atoms with E-state index in [2.05, 4.69) is 0 Å². The molecule has 2 rings (SSSR count). The number of rotatable bonds is 3. The lowest BCUT2D eigenvalue weighted by Gasteiger charge is -2.36. The molecule has 132 valence electrons. The number of carbonyl (C=O) groups is 2. The standard InChI is InChI=1S/C16H19F3N2O3/c1-10-5-3-4-8-21(10)13-7-6-11(9-12(13)14(22)24-2)20-15(23)16(17,18)19/h6-7,9-10H,3-5,8H2,1-2H3,(H,20,23). The lowest BCUT2D eigenvalue weighted by Crippen LogP contribution is -2.38. The number of methoxy groups -OCH3 is 1. The molecule has 5 nitrogen and oxygen atoms in total. The van der Waals surface area contributed by atoms with Gasteiger partial charge in [0.2, 0.25) is 0 Å². The van der Waals surface area contributed by atoms with Crippen molar-refractivity contribution in [1.82, 2.24) is 0 Å². The summed E-state index contributed by atoms with van der Waals surface area (Å²) in [7, 11) is 1.20. The molecule has 1 aliphatic heterocycles. The molecule has 0 spiro atoms. The van der Waals surface area contributed by atoms with E-state index in [9.17, 15) is 22.8 Å². The summed E-state index contributed by atoms with van der Waals surface area (Å²) in [5.41, 5.74) is 0.622. The van der Waals surface area contributed by atoms with Gasteiger partial charge in [-0.05, 0) is 44.4 Å². The Morgan fingerprint density at radius 1 is 1.29 bits per heavy atom. The summed E-state index contributed by atoms with van der Waals surface area (Å²) in [6, 6.07) is 4.32. The van der Waals surface area contributed by atoms with E-state index in [0.29, 0.717) is 5.69 Å². The highest BCUT2D eigenvalue weighted by Crippen LogP contribution is 2.31. The average Bonchev–Trinajstić information content (AvgIpc) is 2.54. The first kappa shape index (κ1) is 18.1.